The van der Waals surface area contributed by atoms with Crippen LogP contribution in [0.25, 0.3) is 0 Å². The average Bonchev–Trinajstić information content (AvgIpc) is 3.29. The second kappa shape index (κ2) is 8.43. The SMILES string of the molecule is CC1CCN(C(=O)CSC2=NC(c3cccs3)=NC3=[N+](C)C(=O)N(C)C(=O)C23)CC1. The van der Waals surface area contributed by atoms with E-state index in [-0.39, 0.29) is 17.6 Å². The Morgan fingerprint density at radius 2 is 2.03 bits per heavy atom. The summed E-state index contributed by atoms with van der Waals surface area (Å²) in [5.74, 6) is 0.613. The Morgan fingerprint density at radius 1 is 1.30 bits per heavy atom. The Morgan fingerprint density at radius 3 is 2.70 bits per heavy atom. The highest BCUT2D eigenvalue weighted by Crippen LogP contribution is 2.28. The normalized spacial score (nSPS) is 22.8. The Kier molecular flexibility index (Phi) is 5.88. The molecule has 3 aliphatic rings. The van der Waals surface area contributed by atoms with Crippen molar-refractivity contribution in [1.82, 2.24) is 9.80 Å². The number of nitrogens with zero attached hydrogens (tertiary/aromatic N) is 5. The molecule has 0 spiro atoms. The maximum absolute atomic E-state index is 12.9. The molecule has 4 heterocycles. The van der Waals surface area contributed by atoms with Gasteiger partial charge in [-0.3, -0.25) is 9.59 Å². The zero-order valence-corrected chi connectivity index (χ0v) is 18.8. The number of fused-ring (bicyclic) bond motifs is 1. The van der Waals surface area contributed by atoms with Crippen LogP contribution in [0.2, 0.25) is 0 Å². The molecule has 1 unspecified atom stereocenters. The Bertz CT molecular complexity index is 975. The summed E-state index contributed by atoms with van der Waals surface area (Å²) in [6.45, 7) is 3.75. The van der Waals surface area contributed by atoms with Gasteiger partial charge in [-0.15, -0.1) is 11.3 Å². The van der Waals surface area contributed by atoms with Crippen molar-refractivity contribution in [3.8, 4) is 0 Å². The third-order valence-corrected chi connectivity index (χ3v) is 7.54. The third-order valence-electron chi connectivity index (χ3n) is 5.66. The van der Waals surface area contributed by atoms with Gasteiger partial charge < -0.3 is 4.90 Å². The second-order valence-electron chi connectivity index (χ2n) is 7.74. The fourth-order valence-corrected chi connectivity index (χ4v) is 5.33. The highest BCUT2D eigenvalue weighted by atomic mass is 32.2. The molecule has 3 aliphatic heterocycles. The van der Waals surface area contributed by atoms with E-state index < -0.39 is 11.9 Å². The van der Waals surface area contributed by atoms with E-state index in [9.17, 15) is 14.4 Å². The minimum absolute atomic E-state index is 0.0531. The lowest BCUT2D eigenvalue weighted by molar-refractivity contribution is -0.407. The van der Waals surface area contributed by atoms with Crippen molar-refractivity contribution in [2.24, 2.45) is 21.8 Å². The molecule has 0 bridgehead atoms. The minimum atomic E-state index is -0.763. The summed E-state index contributed by atoms with van der Waals surface area (Å²) in [6, 6.07) is 3.37. The van der Waals surface area contributed by atoms with Crippen LogP contribution in [-0.4, -0.2) is 81.9 Å². The van der Waals surface area contributed by atoms with E-state index in [4.69, 9.17) is 0 Å². The molecule has 0 radical (unpaired) electrons. The predicted molar refractivity (Wildman–Crippen MR) is 119 cm³/mol. The number of amides is 4. The molecule has 1 saturated heterocycles. The van der Waals surface area contributed by atoms with Crippen molar-refractivity contribution in [1.29, 1.82) is 0 Å². The van der Waals surface area contributed by atoms with E-state index in [0.717, 1.165) is 35.7 Å². The van der Waals surface area contributed by atoms with Gasteiger partial charge in [0.1, 0.15) is 5.04 Å². The van der Waals surface area contributed by atoms with E-state index in [1.54, 1.807) is 7.05 Å². The first-order valence-electron chi connectivity index (χ1n) is 9.90. The van der Waals surface area contributed by atoms with E-state index in [1.165, 1.54) is 34.7 Å². The van der Waals surface area contributed by atoms with Gasteiger partial charge in [-0.25, -0.2) is 9.79 Å². The van der Waals surface area contributed by atoms with Crippen LogP contribution in [0.15, 0.2) is 27.5 Å². The van der Waals surface area contributed by atoms with Crippen molar-refractivity contribution in [3.63, 3.8) is 0 Å². The number of urea groups is 1. The monoisotopic (exact) mass is 446 g/mol. The van der Waals surface area contributed by atoms with Crippen LogP contribution < -0.4 is 0 Å². The lowest BCUT2D eigenvalue weighted by atomic mass is 9.99. The molecule has 10 heteroatoms. The highest BCUT2D eigenvalue weighted by Gasteiger charge is 2.49. The minimum Gasteiger partial charge on any atom is -0.342 e. The molecular weight excluding hydrogens is 422 g/mol. The number of hydrogen-bond acceptors (Lipinski definition) is 7. The van der Waals surface area contributed by atoms with E-state index >= 15 is 0 Å². The number of carbonyl (C=O) groups is 3. The molecule has 0 saturated carbocycles. The predicted octanol–water partition coefficient (Wildman–Crippen LogP) is 2.15. The van der Waals surface area contributed by atoms with Crippen molar-refractivity contribution in [2.45, 2.75) is 19.8 Å². The van der Waals surface area contributed by atoms with Crippen LogP contribution in [0, 0.1) is 11.8 Å². The standard InChI is InChI=1S/C20H24N5O3S2/c1-12-6-8-25(9-7-12)14(26)11-30-18-15-17(23(2)20(28)24(3)19(15)27)21-16(22-18)13-5-4-10-29-13/h4-5,10,12,15H,6-9,11H2,1-3H3/q+1. The first-order valence-corrected chi connectivity index (χ1v) is 11.8. The van der Waals surface area contributed by atoms with Crippen LogP contribution in [0.5, 0.6) is 0 Å². The fraction of sp³-hybridized carbons (Fsp3) is 0.500. The Hall–Kier alpha value is -2.33. The number of aliphatic imine (C=N–C) groups is 2. The van der Waals surface area contributed by atoms with Crippen molar-refractivity contribution >= 4 is 57.7 Å². The van der Waals surface area contributed by atoms with Crippen LogP contribution in [0.3, 0.4) is 0 Å². The first-order chi connectivity index (χ1) is 14.4. The van der Waals surface area contributed by atoms with Crippen LogP contribution in [-0.2, 0) is 9.59 Å². The van der Waals surface area contributed by atoms with Gasteiger partial charge in [-0.05, 0) is 30.2 Å². The van der Waals surface area contributed by atoms with Gasteiger partial charge in [0, 0.05) is 13.1 Å². The van der Waals surface area contributed by atoms with Gasteiger partial charge in [0.05, 0.1) is 24.7 Å². The van der Waals surface area contributed by atoms with Crippen molar-refractivity contribution in [2.75, 3.05) is 32.9 Å². The number of likely N-dealkylation sites (tertiary alicyclic amines) is 1. The van der Waals surface area contributed by atoms with Gasteiger partial charge >= 0.3 is 11.9 Å². The van der Waals surface area contributed by atoms with Crippen LogP contribution in [0.1, 0.15) is 24.6 Å². The summed E-state index contributed by atoms with van der Waals surface area (Å²) in [4.78, 5) is 51.1. The molecule has 1 fully saturated rings. The average molecular weight is 447 g/mol. The zero-order chi connectivity index (χ0) is 21.4. The smallest absolute Gasteiger partial charge is 0.342 e. The molecular formula is C20H24N5O3S2+. The van der Waals surface area contributed by atoms with E-state index in [0.29, 0.717) is 22.6 Å². The molecule has 0 aromatic carbocycles. The lowest BCUT2D eigenvalue weighted by Crippen LogP contribution is -2.54. The number of thioether (sulfide) groups is 1. The third kappa shape index (κ3) is 3.85. The van der Waals surface area contributed by atoms with Crippen molar-refractivity contribution < 1.29 is 19.0 Å². The van der Waals surface area contributed by atoms with Gasteiger partial charge in [0.15, 0.2) is 5.92 Å². The summed E-state index contributed by atoms with van der Waals surface area (Å²) < 4.78 is 1.39. The molecule has 30 heavy (non-hydrogen) atoms. The van der Waals surface area contributed by atoms with Gasteiger partial charge in [-0.1, -0.05) is 29.7 Å². The molecule has 4 rings (SSSR count). The molecule has 0 N–H and O–H groups in total. The molecule has 158 valence electrons. The molecule has 1 aromatic heterocycles. The number of hydrogen-bond donors (Lipinski definition) is 0. The topological polar surface area (TPSA) is 85.4 Å². The number of thiophene rings is 1. The maximum Gasteiger partial charge on any atom is 0.445 e. The van der Waals surface area contributed by atoms with Crippen LogP contribution >= 0.6 is 23.1 Å². The summed E-state index contributed by atoms with van der Waals surface area (Å²) in [7, 11) is 3.07. The number of piperidine rings is 1. The Labute approximate surface area is 183 Å². The largest absolute Gasteiger partial charge is 0.445 e. The summed E-state index contributed by atoms with van der Waals surface area (Å²) in [5, 5.41) is 2.44. The fourth-order valence-electron chi connectivity index (χ4n) is 3.69. The number of imide groups is 1. The van der Waals surface area contributed by atoms with Crippen LogP contribution in [0.4, 0.5) is 4.79 Å². The summed E-state index contributed by atoms with van der Waals surface area (Å²) >= 11 is 2.76. The molecule has 1 aromatic rings. The number of amidine groups is 2. The van der Waals surface area contributed by atoms with Gasteiger partial charge in [0.25, 0.3) is 5.84 Å². The van der Waals surface area contributed by atoms with E-state index in [1.807, 2.05) is 22.4 Å². The highest BCUT2D eigenvalue weighted by molar-refractivity contribution is 8.14. The molecule has 0 aliphatic carbocycles. The van der Waals surface area contributed by atoms with Gasteiger partial charge in [-0.2, -0.15) is 9.48 Å². The number of rotatable bonds is 3. The zero-order valence-electron chi connectivity index (χ0n) is 17.2. The molecule has 4 amide bonds. The molecule has 8 nitrogen and oxygen atoms in total. The first kappa shape index (κ1) is 20.9. The molecule has 1 atom stereocenters. The van der Waals surface area contributed by atoms with Crippen molar-refractivity contribution in [3.05, 3.63) is 22.4 Å². The Balaban J connectivity index is 1.61. The quantitative estimate of drug-likeness (QED) is 0.666. The summed E-state index contributed by atoms with van der Waals surface area (Å²) in [6.07, 6.45) is 2.03. The number of carbonyl (C=O) groups excluding carboxylic acids is 3. The summed E-state index contributed by atoms with van der Waals surface area (Å²) in [5.41, 5.74) is 0. The van der Waals surface area contributed by atoms with Gasteiger partial charge in [0.2, 0.25) is 11.7 Å². The maximum atomic E-state index is 12.9. The lowest BCUT2D eigenvalue weighted by Gasteiger charge is -2.30. The van der Waals surface area contributed by atoms with E-state index in [2.05, 4.69) is 16.9 Å². The second-order valence-corrected chi connectivity index (χ2v) is 9.69.